The van der Waals surface area contributed by atoms with E-state index in [1.807, 2.05) is 0 Å². The molecule has 7 heteroatoms. The molecule has 0 bridgehead atoms. The van der Waals surface area contributed by atoms with E-state index in [0.717, 1.165) is 38.2 Å². The van der Waals surface area contributed by atoms with Crippen LogP contribution in [0, 0.1) is 5.41 Å². The highest BCUT2D eigenvalue weighted by Gasteiger charge is 2.42. The Morgan fingerprint density at radius 3 is 2.65 bits per heavy atom. The van der Waals surface area contributed by atoms with Crippen LogP contribution in [0.4, 0.5) is 5.82 Å². The number of nitrogens with one attached hydrogen (secondary N) is 1. The number of hydrogen-bond acceptors (Lipinski definition) is 4. The third kappa shape index (κ3) is 3.02. The molecule has 1 saturated heterocycles. The van der Waals surface area contributed by atoms with E-state index in [1.54, 1.807) is 24.4 Å². The van der Waals surface area contributed by atoms with Gasteiger partial charge < -0.3 is 15.6 Å². The lowest BCUT2D eigenvalue weighted by atomic mass is 9.74. The van der Waals surface area contributed by atoms with Gasteiger partial charge in [0.2, 0.25) is 0 Å². The molecule has 0 radical (unpaired) electrons. The van der Waals surface area contributed by atoms with Crippen LogP contribution >= 0.6 is 23.2 Å². The summed E-state index contributed by atoms with van der Waals surface area (Å²) in [4.78, 5) is 22.1. The molecular weight excluding hydrogens is 371 g/mol. The minimum Gasteiger partial charge on any atom is -0.357 e. The zero-order valence-corrected chi connectivity index (χ0v) is 16.0. The summed E-state index contributed by atoms with van der Waals surface area (Å²) in [6.45, 7) is 1.78. The minimum absolute atomic E-state index is 0.260. The van der Waals surface area contributed by atoms with E-state index in [0.29, 0.717) is 27.1 Å². The van der Waals surface area contributed by atoms with Gasteiger partial charge in [-0.15, -0.1) is 0 Å². The van der Waals surface area contributed by atoms with E-state index >= 15 is 0 Å². The van der Waals surface area contributed by atoms with Crippen LogP contribution < -0.4 is 16.2 Å². The number of halogens is 2. The number of nitrogens with zero attached hydrogens (tertiary/aromatic N) is 2. The molecule has 0 unspecified atom stereocenters. The largest absolute Gasteiger partial charge is 0.357 e. The lowest BCUT2D eigenvalue weighted by Crippen LogP contribution is -2.47. The summed E-state index contributed by atoms with van der Waals surface area (Å²) in [5.74, 6) is 0.748. The standard InChI is InChI=1S/C19H22Cl2N4O/c20-13-4-1-3-12(16(13)21)17-18(26)24-15(11-23-17)25-9-7-19(8-10-25)6-2-5-14(19)22/h1,3-4,11,14H,2,5-10,22H2,(H,24,26)/t14-/m1/s1. The fraction of sp³-hybridized carbons (Fsp3) is 0.474. The monoisotopic (exact) mass is 392 g/mol. The maximum absolute atomic E-state index is 12.6. The zero-order valence-electron chi connectivity index (χ0n) is 14.5. The smallest absolute Gasteiger partial charge is 0.276 e. The number of nitrogens with two attached hydrogens (primary N) is 1. The molecule has 1 aromatic carbocycles. The van der Waals surface area contributed by atoms with Crippen molar-refractivity contribution in [1.29, 1.82) is 0 Å². The summed E-state index contributed by atoms with van der Waals surface area (Å²) in [5.41, 5.74) is 7.21. The van der Waals surface area contributed by atoms with Crippen LogP contribution in [0.3, 0.4) is 0 Å². The van der Waals surface area contributed by atoms with E-state index in [1.165, 1.54) is 12.8 Å². The van der Waals surface area contributed by atoms with Crippen molar-refractivity contribution in [2.45, 2.75) is 38.1 Å². The molecular formula is C19H22Cl2N4O. The number of piperidine rings is 1. The number of rotatable bonds is 2. The first-order valence-corrected chi connectivity index (χ1v) is 9.80. The lowest BCUT2D eigenvalue weighted by molar-refractivity contribution is 0.197. The summed E-state index contributed by atoms with van der Waals surface area (Å²) in [7, 11) is 0. The lowest BCUT2D eigenvalue weighted by Gasteiger charge is -2.42. The Hall–Kier alpha value is -1.56. The van der Waals surface area contributed by atoms with E-state index in [2.05, 4.69) is 14.9 Å². The van der Waals surface area contributed by atoms with Crippen molar-refractivity contribution < 1.29 is 0 Å². The number of benzene rings is 1. The number of H-pyrrole nitrogens is 1. The molecule has 138 valence electrons. The SMILES string of the molecule is N[C@@H]1CCCC12CCN(c1cnc(-c3cccc(Cl)c3Cl)c(=O)[nH]1)CC2. The predicted octanol–water partition coefficient (Wildman–Crippen LogP) is 3.84. The Kier molecular flexibility index (Phi) is 4.71. The van der Waals surface area contributed by atoms with Crippen LogP contribution in [0.5, 0.6) is 0 Å². The van der Waals surface area contributed by atoms with Crippen molar-refractivity contribution in [3.63, 3.8) is 0 Å². The van der Waals surface area contributed by atoms with Crippen LogP contribution in [0.15, 0.2) is 29.2 Å². The third-order valence-corrected chi connectivity index (χ3v) is 6.87. The van der Waals surface area contributed by atoms with Crippen molar-refractivity contribution in [2.24, 2.45) is 11.1 Å². The van der Waals surface area contributed by atoms with Crippen molar-refractivity contribution in [3.8, 4) is 11.3 Å². The van der Waals surface area contributed by atoms with E-state index in [-0.39, 0.29) is 11.3 Å². The van der Waals surface area contributed by atoms with Gasteiger partial charge in [-0.25, -0.2) is 4.98 Å². The molecule has 2 fully saturated rings. The van der Waals surface area contributed by atoms with Gasteiger partial charge in [-0.3, -0.25) is 4.79 Å². The van der Waals surface area contributed by atoms with Gasteiger partial charge in [0.05, 0.1) is 16.2 Å². The number of aromatic nitrogens is 2. The molecule has 1 aromatic heterocycles. The summed E-state index contributed by atoms with van der Waals surface area (Å²) >= 11 is 12.3. The fourth-order valence-corrected chi connectivity index (χ4v) is 4.80. The summed E-state index contributed by atoms with van der Waals surface area (Å²) in [6.07, 6.45) is 7.43. The average molecular weight is 393 g/mol. The van der Waals surface area contributed by atoms with Gasteiger partial charge in [0.15, 0.2) is 0 Å². The quantitative estimate of drug-likeness (QED) is 0.813. The minimum atomic E-state index is -0.260. The van der Waals surface area contributed by atoms with Gasteiger partial charge >= 0.3 is 0 Å². The van der Waals surface area contributed by atoms with E-state index < -0.39 is 0 Å². The van der Waals surface area contributed by atoms with Gasteiger partial charge in [-0.1, -0.05) is 41.8 Å². The normalized spacial score (nSPS) is 22.1. The molecule has 2 heterocycles. The molecule has 3 N–H and O–H groups in total. The number of anilines is 1. The molecule has 4 rings (SSSR count). The summed E-state index contributed by atoms with van der Waals surface area (Å²) in [6, 6.07) is 5.51. The van der Waals surface area contributed by atoms with Crippen molar-refractivity contribution in [3.05, 3.63) is 44.8 Å². The first-order chi connectivity index (χ1) is 12.5. The van der Waals surface area contributed by atoms with Crippen molar-refractivity contribution >= 4 is 29.0 Å². The fourth-order valence-electron chi connectivity index (χ4n) is 4.41. The Labute approximate surface area is 162 Å². The molecule has 1 spiro atoms. The maximum Gasteiger partial charge on any atom is 0.276 e. The van der Waals surface area contributed by atoms with Crippen LogP contribution in [-0.4, -0.2) is 29.1 Å². The zero-order chi connectivity index (χ0) is 18.3. The molecule has 1 aliphatic heterocycles. The van der Waals surface area contributed by atoms with Crippen molar-refractivity contribution in [2.75, 3.05) is 18.0 Å². The molecule has 2 aliphatic rings. The highest BCUT2D eigenvalue weighted by Crippen LogP contribution is 2.45. The second kappa shape index (κ2) is 6.87. The first-order valence-electron chi connectivity index (χ1n) is 9.04. The highest BCUT2D eigenvalue weighted by molar-refractivity contribution is 6.43. The molecule has 5 nitrogen and oxygen atoms in total. The molecule has 1 saturated carbocycles. The predicted molar refractivity (Wildman–Crippen MR) is 106 cm³/mol. The van der Waals surface area contributed by atoms with Gasteiger partial charge in [-0.05, 0) is 37.2 Å². The van der Waals surface area contributed by atoms with E-state index in [9.17, 15) is 4.79 Å². The Bertz CT molecular complexity index is 874. The van der Waals surface area contributed by atoms with Gasteiger partial charge in [0.1, 0.15) is 11.5 Å². The second-order valence-electron chi connectivity index (χ2n) is 7.40. The maximum atomic E-state index is 12.6. The third-order valence-electron chi connectivity index (χ3n) is 6.06. The van der Waals surface area contributed by atoms with Crippen LogP contribution in [0.25, 0.3) is 11.3 Å². The van der Waals surface area contributed by atoms with Gasteiger partial charge in [-0.2, -0.15) is 0 Å². The van der Waals surface area contributed by atoms with Crippen LogP contribution in [-0.2, 0) is 0 Å². The topological polar surface area (TPSA) is 75.0 Å². The first kappa shape index (κ1) is 17.8. The highest BCUT2D eigenvalue weighted by atomic mass is 35.5. The van der Waals surface area contributed by atoms with Crippen LogP contribution in [0.1, 0.15) is 32.1 Å². The number of aromatic amines is 1. The van der Waals surface area contributed by atoms with Gasteiger partial charge in [0, 0.05) is 24.7 Å². The molecule has 0 amide bonds. The molecule has 26 heavy (non-hydrogen) atoms. The average Bonchev–Trinajstić information content (AvgIpc) is 2.98. The second-order valence-corrected chi connectivity index (χ2v) is 8.18. The van der Waals surface area contributed by atoms with Gasteiger partial charge in [0.25, 0.3) is 5.56 Å². The Balaban J connectivity index is 1.56. The summed E-state index contributed by atoms with van der Waals surface area (Å²) in [5, 5.41) is 0.749. The van der Waals surface area contributed by atoms with Crippen LogP contribution in [0.2, 0.25) is 10.0 Å². The Morgan fingerprint density at radius 2 is 2.00 bits per heavy atom. The summed E-state index contributed by atoms with van der Waals surface area (Å²) < 4.78 is 0. The molecule has 1 aliphatic carbocycles. The van der Waals surface area contributed by atoms with Crippen molar-refractivity contribution in [1.82, 2.24) is 9.97 Å². The molecule has 2 aromatic rings. The molecule has 1 atom stereocenters. The Morgan fingerprint density at radius 1 is 1.23 bits per heavy atom. The van der Waals surface area contributed by atoms with E-state index in [4.69, 9.17) is 28.9 Å². The number of hydrogen-bond donors (Lipinski definition) is 2.